The molecule has 6 nitrogen and oxygen atoms in total. The molecular formula is C13H20N2O4S. The summed E-state index contributed by atoms with van der Waals surface area (Å²) in [5.41, 5.74) is 5.88. The van der Waals surface area contributed by atoms with Crippen LogP contribution in [0.2, 0.25) is 0 Å². The quantitative estimate of drug-likeness (QED) is 0.581. The molecule has 0 saturated heterocycles. The molecule has 3 N–H and O–H groups in total. The van der Waals surface area contributed by atoms with Gasteiger partial charge < -0.3 is 15.2 Å². The lowest BCUT2D eigenvalue weighted by molar-refractivity contribution is 0.336. The first-order chi connectivity index (χ1) is 9.26. The van der Waals surface area contributed by atoms with Gasteiger partial charge in [-0.25, -0.2) is 8.42 Å². The molecule has 0 heterocycles. The number of hydrogen-bond donors (Lipinski definition) is 2. The summed E-state index contributed by atoms with van der Waals surface area (Å²) in [4.78, 5) is 0. The lowest BCUT2D eigenvalue weighted by Gasteiger charge is -2.11. The fourth-order valence-electron chi connectivity index (χ4n) is 1.44. The monoisotopic (exact) mass is 300 g/mol. The fourth-order valence-corrected chi connectivity index (χ4v) is 2.23. The van der Waals surface area contributed by atoms with E-state index in [-0.39, 0.29) is 18.2 Å². The number of methoxy groups -OCH3 is 1. The number of hydrogen-bond acceptors (Lipinski definition) is 5. The molecule has 7 heteroatoms. The van der Waals surface area contributed by atoms with Gasteiger partial charge in [0.05, 0.1) is 18.1 Å². The Morgan fingerprint density at radius 3 is 2.40 bits per heavy atom. The number of ether oxygens (including phenoxy) is 2. The molecule has 0 fully saturated rings. The highest BCUT2D eigenvalue weighted by atomic mass is 32.2. The van der Waals surface area contributed by atoms with Crippen molar-refractivity contribution in [3.8, 4) is 11.5 Å². The number of rotatable bonds is 7. The van der Waals surface area contributed by atoms with E-state index in [0.29, 0.717) is 17.1 Å². The minimum absolute atomic E-state index is 0.0467. The van der Waals surface area contributed by atoms with Crippen molar-refractivity contribution in [2.45, 2.75) is 19.1 Å². The number of sulfone groups is 1. The molecule has 0 aromatic heterocycles. The summed E-state index contributed by atoms with van der Waals surface area (Å²) in [6.07, 6.45) is 0. The van der Waals surface area contributed by atoms with Crippen molar-refractivity contribution < 1.29 is 17.9 Å². The maximum absolute atomic E-state index is 11.7. The molecule has 0 saturated carbocycles. The average molecular weight is 300 g/mol. The van der Waals surface area contributed by atoms with E-state index in [4.69, 9.17) is 20.6 Å². The molecule has 1 rings (SSSR count). The fraction of sp³-hybridized carbons (Fsp3) is 0.462. The molecule has 0 amide bonds. The molecule has 0 bridgehead atoms. The Hall–Kier alpha value is -1.76. The lowest BCUT2D eigenvalue weighted by Crippen LogP contribution is -2.22. The number of amidine groups is 1. The Balaban J connectivity index is 2.78. The minimum Gasteiger partial charge on any atom is -0.497 e. The molecule has 0 radical (unpaired) electrons. The van der Waals surface area contributed by atoms with E-state index in [9.17, 15) is 8.42 Å². The highest BCUT2D eigenvalue weighted by molar-refractivity contribution is 7.91. The Labute approximate surface area is 119 Å². The Kier molecular flexibility index (Phi) is 5.38. The van der Waals surface area contributed by atoms with Gasteiger partial charge in [-0.2, -0.15) is 0 Å². The topological polar surface area (TPSA) is 102 Å². The van der Waals surface area contributed by atoms with Crippen LogP contribution >= 0.6 is 0 Å². The molecule has 112 valence electrons. The molecule has 1 aromatic rings. The van der Waals surface area contributed by atoms with Gasteiger partial charge in [-0.1, -0.05) is 0 Å². The van der Waals surface area contributed by atoms with Gasteiger partial charge in [0.15, 0.2) is 9.84 Å². The van der Waals surface area contributed by atoms with Gasteiger partial charge in [-0.05, 0) is 26.0 Å². The summed E-state index contributed by atoms with van der Waals surface area (Å²) >= 11 is 0. The summed E-state index contributed by atoms with van der Waals surface area (Å²) in [5, 5.41) is 6.98. The zero-order chi connectivity index (χ0) is 15.3. The number of nitrogens with two attached hydrogens (primary N) is 1. The van der Waals surface area contributed by atoms with Gasteiger partial charge in [0.1, 0.15) is 23.9 Å². The summed E-state index contributed by atoms with van der Waals surface area (Å²) in [7, 11) is -1.64. The summed E-state index contributed by atoms with van der Waals surface area (Å²) < 4.78 is 33.8. The van der Waals surface area contributed by atoms with E-state index in [1.807, 2.05) is 0 Å². The van der Waals surface area contributed by atoms with Crippen LogP contribution in [0.15, 0.2) is 18.2 Å². The van der Waals surface area contributed by atoms with Gasteiger partial charge in [-0.15, -0.1) is 0 Å². The van der Waals surface area contributed by atoms with Gasteiger partial charge >= 0.3 is 0 Å². The van der Waals surface area contributed by atoms with E-state index in [2.05, 4.69) is 0 Å². The highest BCUT2D eigenvalue weighted by Gasteiger charge is 2.16. The van der Waals surface area contributed by atoms with E-state index < -0.39 is 15.1 Å². The highest BCUT2D eigenvalue weighted by Crippen LogP contribution is 2.22. The Morgan fingerprint density at radius 1 is 1.30 bits per heavy atom. The van der Waals surface area contributed by atoms with Crippen LogP contribution in [0.25, 0.3) is 0 Å². The molecule has 20 heavy (non-hydrogen) atoms. The third kappa shape index (κ3) is 4.41. The zero-order valence-electron chi connectivity index (χ0n) is 11.8. The molecule has 0 unspecified atom stereocenters. The zero-order valence-corrected chi connectivity index (χ0v) is 12.7. The van der Waals surface area contributed by atoms with Crippen LogP contribution in [0.4, 0.5) is 0 Å². The van der Waals surface area contributed by atoms with Crippen LogP contribution in [0.3, 0.4) is 0 Å². The molecule has 0 aliphatic carbocycles. The van der Waals surface area contributed by atoms with Crippen molar-refractivity contribution in [2.24, 2.45) is 5.73 Å². The number of nitrogen functional groups attached to an aromatic ring is 1. The third-order valence-electron chi connectivity index (χ3n) is 2.78. The maximum Gasteiger partial charge on any atom is 0.155 e. The van der Waals surface area contributed by atoms with Crippen LogP contribution in [-0.2, 0) is 9.84 Å². The van der Waals surface area contributed by atoms with Crippen LogP contribution in [-0.4, -0.2) is 39.0 Å². The van der Waals surface area contributed by atoms with E-state index in [0.717, 1.165) is 0 Å². The SMILES string of the molecule is COc1cc(OCCS(=O)(=O)C(C)C)cc(C(=N)N)c1. The lowest BCUT2D eigenvalue weighted by atomic mass is 10.2. The van der Waals surface area contributed by atoms with E-state index in [1.165, 1.54) is 7.11 Å². The van der Waals surface area contributed by atoms with E-state index >= 15 is 0 Å². The molecule has 0 atom stereocenters. The third-order valence-corrected chi connectivity index (χ3v) is 4.95. The maximum atomic E-state index is 11.7. The summed E-state index contributed by atoms with van der Waals surface area (Å²) in [6.45, 7) is 3.31. The van der Waals surface area contributed by atoms with Crippen LogP contribution < -0.4 is 15.2 Å². The molecule has 0 aliphatic heterocycles. The van der Waals surface area contributed by atoms with Gasteiger partial charge in [0.25, 0.3) is 0 Å². The smallest absolute Gasteiger partial charge is 0.155 e. The predicted octanol–water partition coefficient (Wildman–Crippen LogP) is 1.18. The number of benzene rings is 1. The minimum atomic E-state index is -3.13. The molecule has 0 spiro atoms. The van der Waals surface area contributed by atoms with Gasteiger partial charge in [0, 0.05) is 11.6 Å². The van der Waals surface area contributed by atoms with Crippen molar-refractivity contribution >= 4 is 15.7 Å². The largest absolute Gasteiger partial charge is 0.497 e. The van der Waals surface area contributed by atoms with Crippen LogP contribution in [0.1, 0.15) is 19.4 Å². The second kappa shape index (κ2) is 6.60. The van der Waals surface area contributed by atoms with Crippen molar-refractivity contribution in [2.75, 3.05) is 19.5 Å². The first kappa shape index (κ1) is 16.3. The van der Waals surface area contributed by atoms with E-state index in [1.54, 1.807) is 32.0 Å². The number of nitrogens with one attached hydrogen (secondary N) is 1. The van der Waals surface area contributed by atoms with Crippen LogP contribution in [0.5, 0.6) is 11.5 Å². The van der Waals surface area contributed by atoms with Crippen molar-refractivity contribution in [3.63, 3.8) is 0 Å². The Bertz CT molecular complexity index is 582. The van der Waals surface area contributed by atoms with Crippen LogP contribution in [0, 0.1) is 5.41 Å². The first-order valence-corrected chi connectivity index (χ1v) is 7.85. The molecule has 1 aromatic carbocycles. The average Bonchev–Trinajstić information content (AvgIpc) is 2.37. The first-order valence-electron chi connectivity index (χ1n) is 6.14. The van der Waals surface area contributed by atoms with Crippen molar-refractivity contribution in [3.05, 3.63) is 23.8 Å². The summed E-state index contributed by atoms with van der Waals surface area (Å²) in [6, 6.07) is 4.81. The van der Waals surface area contributed by atoms with Crippen molar-refractivity contribution in [1.29, 1.82) is 5.41 Å². The summed E-state index contributed by atoms with van der Waals surface area (Å²) in [5.74, 6) is 0.758. The standard InChI is InChI=1S/C13H20N2O4S/c1-9(2)20(16,17)5-4-19-12-7-10(13(14)15)6-11(8-12)18-3/h6-9H,4-5H2,1-3H3,(H3,14,15). The molecule has 0 aliphatic rings. The predicted molar refractivity (Wildman–Crippen MR) is 78.4 cm³/mol. The normalized spacial score (nSPS) is 11.4. The van der Waals surface area contributed by atoms with Gasteiger partial charge in [0.2, 0.25) is 0 Å². The second-order valence-corrected chi connectivity index (χ2v) is 7.25. The van der Waals surface area contributed by atoms with Gasteiger partial charge in [-0.3, -0.25) is 5.41 Å². The second-order valence-electron chi connectivity index (χ2n) is 4.58. The Morgan fingerprint density at radius 2 is 1.90 bits per heavy atom. The molecular weight excluding hydrogens is 280 g/mol. The van der Waals surface area contributed by atoms with Crippen molar-refractivity contribution in [1.82, 2.24) is 0 Å².